The van der Waals surface area contributed by atoms with Crippen molar-refractivity contribution >= 4 is 22.8 Å². The SMILES string of the molecule is CCCCCC=Nc1c2c(nc3ccccc13)CCOC2. The lowest BCUT2D eigenvalue weighted by Crippen LogP contribution is -2.12. The quantitative estimate of drug-likeness (QED) is 0.594. The van der Waals surface area contributed by atoms with Gasteiger partial charge in [-0.2, -0.15) is 0 Å². The van der Waals surface area contributed by atoms with E-state index in [-0.39, 0.29) is 0 Å². The minimum atomic E-state index is 0.634. The van der Waals surface area contributed by atoms with E-state index in [9.17, 15) is 0 Å². The minimum absolute atomic E-state index is 0.634. The van der Waals surface area contributed by atoms with Crippen LogP contribution < -0.4 is 0 Å². The first-order valence-electron chi connectivity index (χ1n) is 7.91. The van der Waals surface area contributed by atoms with Gasteiger partial charge in [0.25, 0.3) is 0 Å². The predicted octanol–water partition coefficient (Wildman–Crippen LogP) is 4.59. The lowest BCUT2D eigenvalue weighted by Gasteiger charge is -2.19. The second-order valence-corrected chi connectivity index (χ2v) is 5.51. The zero-order valence-corrected chi connectivity index (χ0v) is 12.6. The average Bonchev–Trinajstić information content (AvgIpc) is 2.53. The Labute approximate surface area is 126 Å². The lowest BCUT2D eigenvalue weighted by molar-refractivity contribution is 0.110. The second-order valence-electron chi connectivity index (χ2n) is 5.51. The van der Waals surface area contributed by atoms with Gasteiger partial charge in [0.1, 0.15) is 0 Å². The van der Waals surface area contributed by atoms with E-state index in [0.29, 0.717) is 6.61 Å². The highest BCUT2D eigenvalue weighted by atomic mass is 16.5. The van der Waals surface area contributed by atoms with E-state index >= 15 is 0 Å². The fraction of sp³-hybridized carbons (Fsp3) is 0.444. The van der Waals surface area contributed by atoms with Crippen LogP contribution in [0, 0.1) is 0 Å². The van der Waals surface area contributed by atoms with Crippen LogP contribution in [-0.2, 0) is 17.8 Å². The number of aliphatic imine (C=N–C) groups is 1. The van der Waals surface area contributed by atoms with Gasteiger partial charge in [0.15, 0.2) is 0 Å². The maximum Gasteiger partial charge on any atom is 0.0793 e. The van der Waals surface area contributed by atoms with Crippen LogP contribution in [0.15, 0.2) is 29.3 Å². The van der Waals surface area contributed by atoms with Crippen LogP contribution in [0.1, 0.15) is 43.9 Å². The number of unbranched alkanes of at least 4 members (excludes halogenated alkanes) is 3. The van der Waals surface area contributed by atoms with E-state index in [4.69, 9.17) is 14.7 Å². The Morgan fingerprint density at radius 1 is 1.29 bits per heavy atom. The molecule has 0 atom stereocenters. The summed E-state index contributed by atoms with van der Waals surface area (Å²) in [4.78, 5) is 9.55. The second kappa shape index (κ2) is 6.81. The molecule has 21 heavy (non-hydrogen) atoms. The summed E-state index contributed by atoms with van der Waals surface area (Å²) in [5.74, 6) is 0. The highest BCUT2D eigenvalue weighted by Gasteiger charge is 2.17. The Balaban J connectivity index is 1.97. The van der Waals surface area contributed by atoms with Gasteiger partial charge in [0, 0.05) is 23.6 Å². The largest absolute Gasteiger partial charge is 0.376 e. The molecule has 1 aromatic heterocycles. The van der Waals surface area contributed by atoms with Crippen molar-refractivity contribution in [1.29, 1.82) is 0 Å². The molecule has 0 saturated carbocycles. The van der Waals surface area contributed by atoms with Gasteiger partial charge in [-0.3, -0.25) is 9.98 Å². The van der Waals surface area contributed by atoms with Crippen LogP contribution in [0.25, 0.3) is 10.9 Å². The third-order valence-corrected chi connectivity index (χ3v) is 3.94. The van der Waals surface area contributed by atoms with Crippen LogP contribution in [0.5, 0.6) is 0 Å². The fourth-order valence-electron chi connectivity index (χ4n) is 2.77. The van der Waals surface area contributed by atoms with Crippen LogP contribution in [0.4, 0.5) is 5.69 Å². The molecule has 0 N–H and O–H groups in total. The summed E-state index contributed by atoms with van der Waals surface area (Å²) in [6.07, 6.45) is 7.71. The number of para-hydroxylation sites is 1. The molecule has 0 unspecified atom stereocenters. The summed E-state index contributed by atoms with van der Waals surface area (Å²) in [5.41, 5.74) is 4.43. The number of ether oxygens (including phenoxy) is 1. The van der Waals surface area contributed by atoms with Gasteiger partial charge in [-0.1, -0.05) is 38.0 Å². The normalized spacial score (nSPS) is 14.7. The molecule has 0 aliphatic carbocycles. The standard InChI is InChI=1S/C18H22N2O/c1-2-3-4-7-11-19-18-14-8-5-6-9-16(14)20-17-10-12-21-13-15(17)18/h5-6,8-9,11H,2-4,7,10,12-13H2,1H3. The molecule has 3 rings (SSSR count). The summed E-state index contributed by atoms with van der Waals surface area (Å²) in [7, 11) is 0. The van der Waals surface area contributed by atoms with Gasteiger partial charge in [0.05, 0.1) is 30.1 Å². The number of hydrogen-bond acceptors (Lipinski definition) is 3. The van der Waals surface area contributed by atoms with Crippen LogP contribution in [0.3, 0.4) is 0 Å². The number of benzene rings is 1. The lowest BCUT2D eigenvalue weighted by atomic mass is 10.0. The maximum absolute atomic E-state index is 5.62. The Bertz CT molecular complexity index is 649. The number of fused-ring (bicyclic) bond motifs is 2. The van der Waals surface area contributed by atoms with Gasteiger partial charge >= 0.3 is 0 Å². The Morgan fingerprint density at radius 2 is 2.19 bits per heavy atom. The van der Waals surface area contributed by atoms with Crippen molar-refractivity contribution in [3.63, 3.8) is 0 Å². The van der Waals surface area contributed by atoms with Gasteiger partial charge in [-0.25, -0.2) is 0 Å². The van der Waals surface area contributed by atoms with Crippen LogP contribution >= 0.6 is 0 Å². The first kappa shape index (κ1) is 14.2. The summed E-state index contributed by atoms with van der Waals surface area (Å²) >= 11 is 0. The monoisotopic (exact) mass is 282 g/mol. The molecule has 1 aliphatic heterocycles. The van der Waals surface area contributed by atoms with Gasteiger partial charge in [-0.15, -0.1) is 0 Å². The number of rotatable bonds is 5. The Morgan fingerprint density at radius 3 is 3.10 bits per heavy atom. The van der Waals surface area contributed by atoms with E-state index in [0.717, 1.165) is 41.7 Å². The maximum atomic E-state index is 5.62. The molecule has 0 spiro atoms. The summed E-state index contributed by atoms with van der Waals surface area (Å²) < 4.78 is 5.62. The minimum Gasteiger partial charge on any atom is -0.376 e. The number of hydrogen-bond donors (Lipinski definition) is 0. The van der Waals surface area contributed by atoms with E-state index in [1.165, 1.54) is 24.8 Å². The Kier molecular flexibility index (Phi) is 4.61. The first-order chi connectivity index (χ1) is 10.4. The van der Waals surface area contributed by atoms with E-state index in [2.05, 4.69) is 31.3 Å². The topological polar surface area (TPSA) is 34.5 Å². The number of aromatic nitrogens is 1. The smallest absolute Gasteiger partial charge is 0.0793 e. The van der Waals surface area contributed by atoms with E-state index < -0.39 is 0 Å². The van der Waals surface area contributed by atoms with Gasteiger partial charge in [-0.05, 0) is 18.9 Å². The van der Waals surface area contributed by atoms with E-state index in [1.807, 2.05) is 6.07 Å². The molecule has 1 aliphatic rings. The number of nitrogens with zero attached hydrogens (tertiary/aromatic N) is 2. The van der Waals surface area contributed by atoms with Crippen molar-refractivity contribution < 1.29 is 4.74 Å². The fourth-order valence-corrected chi connectivity index (χ4v) is 2.77. The van der Waals surface area contributed by atoms with Gasteiger partial charge in [0.2, 0.25) is 0 Å². The molecule has 110 valence electrons. The average molecular weight is 282 g/mol. The van der Waals surface area contributed by atoms with Crippen molar-refractivity contribution in [2.45, 2.75) is 45.6 Å². The highest BCUT2D eigenvalue weighted by molar-refractivity contribution is 5.93. The zero-order chi connectivity index (χ0) is 14.5. The van der Waals surface area contributed by atoms with Crippen molar-refractivity contribution in [2.75, 3.05) is 6.61 Å². The van der Waals surface area contributed by atoms with Gasteiger partial charge < -0.3 is 4.74 Å². The number of pyridine rings is 1. The molecule has 3 heteroatoms. The summed E-state index contributed by atoms with van der Waals surface area (Å²) in [6, 6.07) is 8.27. The van der Waals surface area contributed by atoms with Crippen molar-refractivity contribution in [3.8, 4) is 0 Å². The van der Waals surface area contributed by atoms with E-state index in [1.54, 1.807) is 0 Å². The van der Waals surface area contributed by atoms with Crippen LogP contribution in [-0.4, -0.2) is 17.8 Å². The van der Waals surface area contributed by atoms with Crippen LogP contribution in [0.2, 0.25) is 0 Å². The summed E-state index contributed by atoms with van der Waals surface area (Å²) in [5, 5.41) is 1.13. The molecular formula is C18H22N2O. The zero-order valence-electron chi connectivity index (χ0n) is 12.6. The molecule has 3 nitrogen and oxygen atoms in total. The molecule has 2 aromatic rings. The molecule has 0 fully saturated rings. The molecule has 2 heterocycles. The molecule has 0 saturated heterocycles. The highest BCUT2D eigenvalue weighted by Crippen LogP contribution is 2.33. The molecule has 0 radical (unpaired) electrons. The first-order valence-corrected chi connectivity index (χ1v) is 7.91. The molecule has 0 bridgehead atoms. The van der Waals surface area contributed by atoms with Crippen molar-refractivity contribution in [2.24, 2.45) is 4.99 Å². The summed E-state index contributed by atoms with van der Waals surface area (Å²) in [6.45, 7) is 3.62. The third kappa shape index (κ3) is 3.13. The molecule has 0 amide bonds. The van der Waals surface area contributed by atoms with Crippen molar-refractivity contribution in [3.05, 3.63) is 35.5 Å². The van der Waals surface area contributed by atoms with Crippen molar-refractivity contribution in [1.82, 2.24) is 4.98 Å². The third-order valence-electron chi connectivity index (χ3n) is 3.94. The molecular weight excluding hydrogens is 260 g/mol. The predicted molar refractivity (Wildman–Crippen MR) is 87.4 cm³/mol. The Hall–Kier alpha value is -1.74. The molecule has 1 aromatic carbocycles.